The molecule has 2 aromatic carbocycles. The molecule has 5 heteroatoms. The van der Waals surface area contributed by atoms with Crippen molar-refractivity contribution in [3.63, 3.8) is 0 Å². The lowest BCUT2D eigenvalue weighted by atomic mass is 10.1. The van der Waals surface area contributed by atoms with Crippen LogP contribution in [0.3, 0.4) is 0 Å². The predicted molar refractivity (Wildman–Crippen MR) is 96.9 cm³/mol. The van der Waals surface area contributed by atoms with Gasteiger partial charge in [-0.25, -0.2) is 0 Å². The quantitative estimate of drug-likeness (QED) is 0.773. The largest absolute Gasteiger partial charge is 0.497 e. The summed E-state index contributed by atoms with van der Waals surface area (Å²) in [5.41, 5.74) is 3.66. The van der Waals surface area contributed by atoms with E-state index in [2.05, 4.69) is 5.32 Å². The van der Waals surface area contributed by atoms with Crippen LogP contribution in [0.4, 0.5) is 0 Å². The number of hydrogen-bond acceptors (Lipinski definition) is 4. The van der Waals surface area contributed by atoms with E-state index in [4.69, 9.17) is 9.47 Å². The number of carbonyl (C=O) groups is 1. The second kappa shape index (κ2) is 9.20. The van der Waals surface area contributed by atoms with E-state index in [9.17, 15) is 9.90 Å². The maximum Gasteiger partial charge on any atom is 0.251 e. The van der Waals surface area contributed by atoms with E-state index in [1.165, 1.54) is 0 Å². The number of aliphatic hydroxyl groups is 1. The van der Waals surface area contributed by atoms with Crippen molar-refractivity contribution in [1.82, 2.24) is 5.32 Å². The van der Waals surface area contributed by atoms with Gasteiger partial charge in [0.1, 0.15) is 5.75 Å². The Kier molecular flexibility index (Phi) is 6.98. The van der Waals surface area contributed by atoms with Crippen LogP contribution in [-0.2, 0) is 11.3 Å². The normalized spacial score (nSPS) is 11.8. The molecule has 0 spiro atoms. The third-order valence-corrected chi connectivity index (χ3v) is 3.72. The van der Waals surface area contributed by atoms with Gasteiger partial charge in [0.25, 0.3) is 5.91 Å². The highest BCUT2D eigenvalue weighted by atomic mass is 16.5. The van der Waals surface area contributed by atoms with Crippen LogP contribution in [-0.4, -0.2) is 37.4 Å². The van der Waals surface area contributed by atoms with Crippen LogP contribution in [0, 0.1) is 13.8 Å². The summed E-state index contributed by atoms with van der Waals surface area (Å²) in [7, 11) is 1.62. The molecule has 5 nitrogen and oxygen atoms in total. The van der Waals surface area contributed by atoms with E-state index < -0.39 is 6.10 Å². The first-order valence-electron chi connectivity index (χ1n) is 8.23. The number of benzene rings is 2. The summed E-state index contributed by atoms with van der Waals surface area (Å²) in [6, 6.07) is 13.2. The van der Waals surface area contributed by atoms with Crippen LogP contribution in [0.1, 0.15) is 27.0 Å². The van der Waals surface area contributed by atoms with Gasteiger partial charge in [-0.1, -0.05) is 29.3 Å². The lowest BCUT2D eigenvalue weighted by Crippen LogP contribution is -2.34. The molecule has 0 fully saturated rings. The molecular weight excluding hydrogens is 318 g/mol. The van der Waals surface area contributed by atoms with Crippen LogP contribution < -0.4 is 10.1 Å². The maximum absolute atomic E-state index is 12.1. The molecule has 0 unspecified atom stereocenters. The fourth-order valence-corrected chi connectivity index (χ4v) is 2.51. The summed E-state index contributed by atoms with van der Waals surface area (Å²) < 4.78 is 10.6. The lowest BCUT2D eigenvalue weighted by molar-refractivity contribution is 0.0285. The monoisotopic (exact) mass is 343 g/mol. The summed E-state index contributed by atoms with van der Waals surface area (Å²) >= 11 is 0. The zero-order chi connectivity index (χ0) is 18.2. The average molecular weight is 343 g/mol. The molecule has 0 aromatic heterocycles. The van der Waals surface area contributed by atoms with Gasteiger partial charge < -0.3 is 19.9 Å². The molecule has 1 atom stereocenters. The van der Waals surface area contributed by atoms with Crippen LogP contribution in [0.15, 0.2) is 42.5 Å². The number of methoxy groups -OCH3 is 1. The summed E-state index contributed by atoms with van der Waals surface area (Å²) in [5, 5.41) is 12.7. The third-order valence-electron chi connectivity index (χ3n) is 3.72. The van der Waals surface area contributed by atoms with Crippen molar-refractivity contribution in [1.29, 1.82) is 0 Å². The summed E-state index contributed by atoms with van der Waals surface area (Å²) in [6.45, 7) is 4.59. The van der Waals surface area contributed by atoms with E-state index in [1.54, 1.807) is 7.11 Å². The SMILES string of the molecule is COc1ccc(COC[C@@H](O)CNC(=O)c2cc(C)cc(C)c2)cc1. The Morgan fingerprint density at radius 2 is 1.76 bits per heavy atom. The first kappa shape index (κ1) is 19.0. The summed E-state index contributed by atoms with van der Waals surface area (Å²) in [6.07, 6.45) is -0.756. The zero-order valence-corrected chi connectivity index (χ0v) is 14.9. The molecule has 25 heavy (non-hydrogen) atoms. The fraction of sp³-hybridized carbons (Fsp3) is 0.350. The number of hydrogen-bond donors (Lipinski definition) is 2. The Morgan fingerprint density at radius 1 is 1.12 bits per heavy atom. The summed E-state index contributed by atoms with van der Waals surface area (Å²) in [5.74, 6) is 0.596. The molecule has 0 aliphatic carbocycles. The number of aryl methyl sites for hydroxylation is 2. The minimum absolute atomic E-state index is 0.147. The van der Waals surface area contributed by atoms with Gasteiger partial charge in [0.15, 0.2) is 0 Å². The molecule has 134 valence electrons. The number of amides is 1. The first-order chi connectivity index (χ1) is 12.0. The van der Waals surface area contributed by atoms with Gasteiger partial charge in [-0.2, -0.15) is 0 Å². The second-order valence-electron chi connectivity index (χ2n) is 6.10. The molecule has 0 saturated carbocycles. The molecule has 0 aliphatic rings. The van der Waals surface area contributed by atoms with Gasteiger partial charge in [-0.15, -0.1) is 0 Å². The molecule has 2 aromatic rings. The van der Waals surface area contributed by atoms with Gasteiger partial charge in [0, 0.05) is 12.1 Å². The molecule has 2 rings (SSSR count). The first-order valence-corrected chi connectivity index (χ1v) is 8.23. The highest BCUT2D eigenvalue weighted by molar-refractivity contribution is 5.94. The minimum Gasteiger partial charge on any atom is -0.497 e. The highest BCUT2D eigenvalue weighted by Gasteiger charge is 2.10. The van der Waals surface area contributed by atoms with Crippen LogP contribution >= 0.6 is 0 Å². The molecule has 0 bridgehead atoms. The Hall–Kier alpha value is -2.37. The van der Waals surface area contributed by atoms with E-state index in [-0.39, 0.29) is 19.1 Å². The lowest BCUT2D eigenvalue weighted by Gasteiger charge is -2.13. The molecule has 1 amide bonds. The van der Waals surface area contributed by atoms with E-state index >= 15 is 0 Å². The maximum atomic E-state index is 12.1. The standard InChI is InChI=1S/C20H25NO4/c1-14-8-15(2)10-17(9-14)20(23)21-11-18(22)13-25-12-16-4-6-19(24-3)7-5-16/h4-10,18,22H,11-13H2,1-3H3,(H,21,23)/t18-/m0/s1. The predicted octanol–water partition coefficient (Wildman–Crippen LogP) is 2.62. The van der Waals surface area contributed by atoms with Crippen LogP contribution in [0.2, 0.25) is 0 Å². The Bertz CT molecular complexity index is 677. The third kappa shape index (κ3) is 6.21. The van der Waals surface area contributed by atoms with Crippen LogP contribution in [0.25, 0.3) is 0 Å². The fourth-order valence-electron chi connectivity index (χ4n) is 2.51. The molecule has 2 N–H and O–H groups in total. The van der Waals surface area contributed by atoms with Crippen molar-refractivity contribution < 1.29 is 19.4 Å². The number of rotatable bonds is 8. The van der Waals surface area contributed by atoms with Crippen LogP contribution in [0.5, 0.6) is 5.75 Å². The van der Waals surface area contributed by atoms with Gasteiger partial charge >= 0.3 is 0 Å². The van der Waals surface area contributed by atoms with Crippen molar-refractivity contribution in [3.05, 3.63) is 64.7 Å². The summed E-state index contributed by atoms with van der Waals surface area (Å²) in [4.78, 5) is 12.1. The van der Waals surface area contributed by atoms with Crippen molar-refractivity contribution in [3.8, 4) is 5.75 Å². The van der Waals surface area contributed by atoms with Gasteiger partial charge in [-0.05, 0) is 43.7 Å². The Balaban J connectivity index is 1.72. The number of carbonyl (C=O) groups excluding carboxylic acids is 1. The van der Waals surface area contributed by atoms with E-state index in [0.29, 0.717) is 12.2 Å². The topological polar surface area (TPSA) is 67.8 Å². The zero-order valence-electron chi connectivity index (χ0n) is 14.9. The van der Waals surface area contributed by atoms with E-state index in [1.807, 2.05) is 56.3 Å². The van der Waals surface area contributed by atoms with Crippen molar-refractivity contribution in [2.75, 3.05) is 20.3 Å². The second-order valence-corrected chi connectivity index (χ2v) is 6.10. The van der Waals surface area contributed by atoms with Crippen molar-refractivity contribution in [2.45, 2.75) is 26.6 Å². The Labute approximate surface area is 148 Å². The number of nitrogens with one attached hydrogen (secondary N) is 1. The van der Waals surface area contributed by atoms with Gasteiger partial charge in [-0.3, -0.25) is 4.79 Å². The molecule has 0 saturated heterocycles. The van der Waals surface area contributed by atoms with E-state index in [0.717, 1.165) is 22.4 Å². The van der Waals surface area contributed by atoms with Gasteiger partial charge in [0.2, 0.25) is 0 Å². The molecule has 0 heterocycles. The minimum atomic E-state index is -0.756. The van der Waals surface area contributed by atoms with Crippen molar-refractivity contribution >= 4 is 5.91 Å². The molecule has 0 radical (unpaired) electrons. The number of aliphatic hydroxyl groups excluding tert-OH is 1. The molecular formula is C20H25NO4. The number of ether oxygens (including phenoxy) is 2. The molecule has 0 aliphatic heterocycles. The smallest absolute Gasteiger partial charge is 0.251 e. The Morgan fingerprint density at radius 3 is 2.36 bits per heavy atom. The average Bonchev–Trinajstić information content (AvgIpc) is 2.59. The van der Waals surface area contributed by atoms with Gasteiger partial charge in [0.05, 0.1) is 26.4 Å². The van der Waals surface area contributed by atoms with Crippen molar-refractivity contribution in [2.24, 2.45) is 0 Å². The highest BCUT2D eigenvalue weighted by Crippen LogP contribution is 2.12.